The highest BCUT2D eigenvalue weighted by molar-refractivity contribution is 4.82. The molecule has 0 amide bonds. The second-order valence-corrected chi connectivity index (χ2v) is 21.7. The van der Waals surface area contributed by atoms with Gasteiger partial charge in [-0.15, -0.1) is 0 Å². The normalized spacial score (nSPS) is 21.8. The lowest BCUT2D eigenvalue weighted by Gasteiger charge is -2.41. The maximum absolute atomic E-state index is 2.58. The van der Waals surface area contributed by atoms with Crippen LogP contribution >= 0.6 is 0 Å². The van der Waals surface area contributed by atoms with Crippen LogP contribution in [0.15, 0.2) is 0 Å². The van der Waals surface area contributed by atoms with Crippen LogP contribution in [0.5, 0.6) is 0 Å². The molecule has 0 bridgehead atoms. The topological polar surface area (TPSA) is 19.4 Å². The van der Waals surface area contributed by atoms with Crippen LogP contribution in [-0.2, 0) is 0 Å². The molecule has 0 aromatic rings. The molecule has 6 heteroatoms. The van der Waals surface area contributed by atoms with Crippen molar-refractivity contribution >= 4 is 0 Å². The number of rotatable bonds is 0. The molecule has 0 atom stereocenters. The van der Waals surface area contributed by atoms with E-state index in [-0.39, 0.29) is 29.7 Å². The van der Waals surface area contributed by atoms with Crippen molar-refractivity contribution in [3.8, 4) is 0 Å². The lowest BCUT2D eigenvalue weighted by Crippen LogP contribution is -2.52. The monoisotopic (exact) mass is 785 g/mol. The van der Waals surface area contributed by atoms with Gasteiger partial charge in [0, 0.05) is 48.3 Å². The Morgan fingerprint density at radius 3 is 0.727 bits per heavy atom. The molecule has 5 saturated heterocycles. The lowest BCUT2D eigenvalue weighted by atomic mass is 9.75. The fourth-order valence-electron chi connectivity index (χ4n) is 7.87. The van der Waals surface area contributed by atoms with Crippen LogP contribution in [-0.4, -0.2) is 144 Å². The summed E-state index contributed by atoms with van der Waals surface area (Å²) in [6.07, 6.45) is 14.1. The van der Waals surface area contributed by atoms with Crippen molar-refractivity contribution in [2.75, 3.05) is 92.6 Å². The van der Waals surface area contributed by atoms with Gasteiger partial charge in [-0.2, -0.15) is 0 Å². The number of nitrogens with zero attached hydrogens (tertiary/aromatic N) is 6. The number of likely N-dealkylation sites (tertiary alicyclic amines) is 4. The van der Waals surface area contributed by atoms with Crippen LogP contribution in [0.2, 0.25) is 0 Å². The summed E-state index contributed by atoms with van der Waals surface area (Å²) in [6.45, 7) is 50.0. The van der Waals surface area contributed by atoms with Gasteiger partial charge in [0.2, 0.25) is 0 Å². The molecule has 5 aliphatic heterocycles. The Morgan fingerprint density at radius 2 is 0.509 bits per heavy atom. The largest absolute Gasteiger partial charge is 0.306 e. The number of hydrogen-bond acceptors (Lipinski definition) is 6. The minimum Gasteiger partial charge on any atom is -0.306 e. The first kappa shape index (κ1) is 61.4. The van der Waals surface area contributed by atoms with E-state index in [1.807, 2.05) is 0 Å². The van der Waals surface area contributed by atoms with E-state index < -0.39 is 0 Å². The summed E-state index contributed by atoms with van der Waals surface area (Å²) < 4.78 is 0. The number of piperazine rings is 1. The molecule has 55 heavy (non-hydrogen) atoms. The predicted molar refractivity (Wildman–Crippen MR) is 256 cm³/mol. The molecule has 0 unspecified atom stereocenters. The highest BCUT2D eigenvalue weighted by Crippen LogP contribution is 2.33. The average molecular weight is 785 g/mol. The van der Waals surface area contributed by atoms with Crippen LogP contribution < -0.4 is 0 Å². The summed E-state index contributed by atoms with van der Waals surface area (Å²) in [5.74, 6) is 0.943. The van der Waals surface area contributed by atoms with Crippen molar-refractivity contribution < 1.29 is 0 Å². The second-order valence-electron chi connectivity index (χ2n) is 21.7. The molecule has 0 radical (unpaired) electrons. The van der Waals surface area contributed by atoms with E-state index in [0.717, 1.165) is 5.92 Å². The molecule has 5 aliphatic rings. The molecule has 0 aliphatic carbocycles. The zero-order valence-corrected chi connectivity index (χ0v) is 38.3. The van der Waals surface area contributed by atoms with Crippen LogP contribution in [0.25, 0.3) is 0 Å². The molecule has 338 valence electrons. The van der Waals surface area contributed by atoms with Gasteiger partial charge in [0.1, 0.15) is 0 Å². The Balaban J connectivity index is -0.000000291. The maximum Gasteiger partial charge on any atom is 0.0126 e. The Kier molecular flexibility index (Phi) is 31.6. The molecule has 6 nitrogen and oxygen atoms in total. The third-order valence-electron chi connectivity index (χ3n) is 12.1. The summed E-state index contributed by atoms with van der Waals surface area (Å²) in [5, 5.41) is 0. The Labute approximate surface area is 352 Å². The quantitative estimate of drug-likeness (QED) is 0.242. The van der Waals surface area contributed by atoms with Gasteiger partial charge >= 0.3 is 0 Å². The van der Waals surface area contributed by atoms with Crippen molar-refractivity contribution in [1.29, 1.82) is 0 Å². The SMILES string of the molecule is C.C.C.C.CC(C)(C)N1CCCC1.CC(C)(C)N1CCCCC1.CC(C)(C)N1CCCCC1.CN1CCC(C(C)(C)C)CC1.CN1CCN(C(C)(C)C)CC1. The summed E-state index contributed by atoms with van der Waals surface area (Å²) in [5.41, 5.74) is 2.11. The second kappa shape index (κ2) is 28.3. The molecule has 5 rings (SSSR count). The van der Waals surface area contributed by atoms with Gasteiger partial charge in [-0.1, -0.05) is 63.3 Å². The highest BCUT2D eigenvalue weighted by Gasteiger charge is 2.28. The first-order chi connectivity index (χ1) is 23.3. The number of likely N-dealkylation sites (N-methyl/N-ethyl adjacent to an activating group) is 1. The van der Waals surface area contributed by atoms with E-state index in [9.17, 15) is 0 Å². The van der Waals surface area contributed by atoms with Crippen molar-refractivity contribution in [2.45, 2.75) is 220 Å². The van der Waals surface area contributed by atoms with E-state index in [0.29, 0.717) is 27.6 Å². The van der Waals surface area contributed by atoms with Crippen LogP contribution in [0.1, 0.15) is 198 Å². The van der Waals surface area contributed by atoms with Crippen molar-refractivity contribution in [3.63, 3.8) is 0 Å². The first-order valence-corrected chi connectivity index (χ1v) is 21.7. The third-order valence-corrected chi connectivity index (χ3v) is 12.1. The summed E-state index contributed by atoms with van der Waals surface area (Å²) >= 11 is 0. The highest BCUT2D eigenvalue weighted by atomic mass is 15.3. The minimum absolute atomic E-state index is 0. The number of hydrogen-bond donors (Lipinski definition) is 0. The van der Waals surface area contributed by atoms with E-state index in [2.05, 4.69) is 147 Å². The number of piperidine rings is 3. The molecule has 0 aromatic heterocycles. The van der Waals surface area contributed by atoms with Gasteiger partial charge in [-0.25, -0.2) is 0 Å². The van der Waals surface area contributed by atoms with E-state index in [4.69, 9.17) is 0 Å². The Morgan fingerprint density at radius 1 is 0.291 bits per heavy atom. The van der Waals surface area contributed by atoms with E-state index >= 15 is 0 Å². The van der Waals surface area contributed by atoms with Gasteiger partial charge in [0.25, 0.3) is 0 Å². The molecule has 0 aromatic carbocycles. The fourth-order valence-corrected chi connectivity index (χ4v) is 7.87. The minimum atomic E-state index is 0. The van der Waals surface area contributed by atoms with Crippen molar-refractivity contribution in [1.82, 2.24) is 29.4 Å². The summed E-state index contributed by atoms with van der Waals surface area (Å²) in [7, 11) is 4.42. The fraction of sp³-hybridized carbons (Fsp3) is 1.00. The van der Waals surface area contributed by atoms with Gasteiger partial charge < -0.3 is 9.80 Å². The summed E-state index contributed by atoms with van der Waals surface area (Å²) in [6, 6.07) is 0. The Hall–Kier alpha value is -0.240. The molecular formula is C49H112N6. The van der Waals surface area contributed by atoms with Gasteiger partial charge in [-0.05, 0) is 212 Å². The molecule has 5 fully saturated rings. The smallest absolute Gasteiger partial charge is 0.0126 e. The predicted octanol–water partition coefficient (Wildman–Crippen LogP) is 12.4. The zero-order chi connectivity index (χ0) is 39.1. The molecule has 5 heterocycles. The van der Waals surface area contributed by atoms with Gasteiger partial charge in [0.05, 0.1) is 0 Å². The third kappa shape index (κ3) is 27.2. The van der Waals surface area contributed by atoms with E-state index in [1.54, 1.807) is 0 Å². The van der Waals surface area contributed by atoms with Crippen LogP contribution in [0.3, 0.4) is 0 Å². The lowest BCUT2D eigenvalue weighted by molar-refractivity contribution is 0.0735. The van der Waals surface area contributed by atoms with Gasteiger partial charge in [-0.3, -0.25) is 19.6 Å². The molecule has 0 saturated carbocycles. The Bertz CT molecular complexity index is 790. The van der Waals surface area contributed by atoms with Crippen LogP contribution in [0.4, 0.5) is 0 Å². The standard InChI is InChI=1S/C10H21N.C9H20N2.2C9H19N.C8H17N.4CH4/c1-10(2,3)9-5-7-11(4)8-6-9;1-9(2,3)11-7-5-10(4)6-8-11;2*1-9(2,3)10-7-5-4-6-8-10;1-8(2,3)9-6-4-5-7-9;;;;/h9H,5-8H2,1-4H3;5-8H2,1-4H3;2*4-8H2,1-3H3;4-7H2,1-3H3;4*1H4. The van der Waals surface area contributed by atoms with E-state index in [1.165, 1.54) is 143 Å². The average Bonchev–Trinajstić information content (AvgIpc) is 3.59. The van der Waals surface area contributed by atoms with Crippen molar-refractivity contribution in [3.05, 3.63) is 0 Å². The molecule has 0 spiro atoms. The first-order valence-electron chi connectivity index (χ1n) is 21.7. The maximum atomic E-state index is 2.58. The van der Waals surface area contributed by atoms with Crippen molar-refractivity contribution in [2.24, 2.45) is 11.3 Å². The zero-order valence-electron chi connectivity index (χ0n) is 38.3. The van der Waals surface area contributed by atoms with Gasteiger partial charge in [0.15, 0.2) is 0 Å². The molecule has 0 N–H and O–H groups in total. The molecular weight excluding hydrogens is 673 g/mol. The summed E-state index contributed by atoms with van der Waals surface area (Å²) in [4.78, 5) is 15.1. The van der Waals surface area contributed by atoms with Crippen LogP contribution in [0, 0.1) is 11.3 Å².